The van der Waals surface area contributed by atoms with Crippen molar-refractivity contribution in [1.29, 1.82) is 0 Å². The molecule has 1 aromatic rings. The van der Waals surface area contributed by atoms with Gasteiger partial charge < -0.3 is 10.6 Å². The van der Waals surface area contributed by atoms with Gasteiger partial charge in [-0.05, 0) is 32.4 Å². The second kappa shape index (κ2) is 5.70. The largest absolute Gasteiger partial charge is 0.336 e. The smallest absolute Gasteiger partial charge is 0.315 e. The van der Waals surface area contributed by atoms with Crippen molar-refractivity contribution in [1.82, 2.24) is 15.6 Å². The van der Waals surface area contributed by atoms with Crippen molar-refractivity contribution in [2.75, 3.05) is 0 Å². The lowest BCUT2D eigenvalue weighted by Crippen LogP contribution is -2.40. The molecule has 1 atom stereocenters. The van der Waals surface area contributed by atoms with Crippen LogP contribution in [-0.2, 0) is 0 Å². The van der Waals surface area contributed by atoms with E-state index < -0.39 is 0 Å². The first-order valence-electron chi connectivity index (χ1n) is 5.17. The van der Waals surface area contributed by atoms with Crippen LogP contribution in [-0.4, -0.2) is 17.1 Å². The monoisotopic (exact) mass is 241 g/mol. The van der Waals surface area contributed by atoms with Crippen LogP contribution in [0.3, 0.4) is 0 Å². The minimum absolute atomic E-state index is 0.0940. The molecule has 0 aromatic carbocycles. The third-order valence-electron chi connectivity index (χ3n) is 2.02. The Morgan fingerprint density at radius 2 is 2.00 bits per heavy atom. The number of hydrogen-bond acceptors (Lipinski definition) is 2. The topological polar surface area (TPSA) is 54.0 Å². The Morgan fingerprint density at radius 3 is 2.50 bits per heavy atom. The minimum atomic E-state index is -0.183. The lowest BCUT2D eigenvalue weighted by Gasteiger charge is -2.16. The Bertz CT molecular complexity index is 351. The standard InChI is InChI=1S/C11H16ClN3O/c1-7(2)14-11(16)15-8(3)9-4-5-10(12)13-6-9/h4-8H,1-3H3,(H2,14,15,16)/t8-/m1/s1. The molecule has 0 radical (unpaired) electrons. The predicted molar refractivity (Wildman–Crippen MR) is 64.5 cm³/mol. The van der Waals surface area contributed by atoms with E-state index >= 15 is 0 Å². The number of hydrogen-bond donors (Lipinski definition) is 2. The zero-order valence-corrected chi connectivity index (χ0v) is 10.4. The number of halogens is 1. The third kappa shape index (κ3) is 4.06. The summed E-state index contributed by atoms with van der Waals surface area (Å²) in [6.45, 7) is 5.72. The number of amides is 2. The number of rotatable bonds is 3. The first-order valence-corrected chi connectivity index (χ1v) is 5.55. The van der Waals surface area contributed by atoms with E-state index in [1.165, 1.54) is 0 Å². The van der Waals surface area contributed by atoms with Crippen molar-refractivity contribution in [2.24, 2.45) is 0 Å². The highest BCUT2D eigenvalue weighted by Crippen LogP contribution is 2.12. The van der Waals surface area contributed by atoms with E-state index in [2.05, 4.69) is 15.6 Å². The summed E-state index contributed by atoms with van der Waals surface area (Å²) in [5, 5.41) is 6.02. The average molecular weight is 242 g/mol. The molecule has 0 bridgehead atoms. The molecule has 1 heterocycles. The first-order chi connectivity index (χ1) is 7.49. The van der Waals surface area contributed by atoms with Crippen LogP contribution in [0.1, 0.15) is 32.4 Å². The van der Waals surface area contributed by atoms with Gasteiger partial charge in [0.15, 0.2) is 0 Å². The van der Waals surface area contributed by atoms with Crippen molar-refractivity contribution in [3.8, 4) is 0 Å². The van der Waals surface area contributed by atoms with Crippen molar-refractivity contribution in [3.05, 3.63) is 29.0 Å². The van der Waals surface area contributed by atoms with Crippen LogP contribution in [0, 0.1) is 0 Å². The van der Waals surface area contributed by atoms with E-state index in [0.29, 0.717) is 5.15 Å². The molecule has 0 saturated heterocycles. The molecule has 1 rings (SSSR count). The van der Waals surface area contributed by atoms with E-state index in [1.807, 2.05) is 26.8 Å². The van der Waals surface area contributed by atoms with Gasteiger partial charge >= 0.3 is 6.03 Å². The SMILES string of the molecule is CC(C)NC(=O)N[C@H](C)c1ccc(Cl)nc1. The Morgan fingerprint density at radius 1 is 1.31 bits per heavy atom. The maximum absolute atomic E-state index is 11.4. The zero-order chi connectivity index (χ0) is 12.1. The lowest BCUT2D eigenvalue weighted by atomic mass is 10.1. The van der Waals surface area contributed by atoms with E-state index in [1.54, 1.807) is 12.3 Å². The molecule has 16 heavy (non-hydrogen) atoms. The van der Waals surface area contributed by atoms with Crippen LogP contribution >= 0.6 is 11.6 Å². The van der Waals surface area contributed by atoms with Gasteiger partial charge in [0, 0.05) is 12.2 Å². The van der Waals surface area contributed by atoms with Gasteiger partial charge in [0.25, 0.3) is 0 Å². The van der Waals surface area contributed by atoms with Gasteiger partial charge in [0.2, 0.25) is 0 Å². The van der Waals surface area contributed by atoms with Crippen molar-refractivity contribution >= 4 is 17.6 Å². The molecule has 0 aliphatic rings. The van der Waals surface area contributed by atoms with Gasteiger partial charge in [-0.1, -0.05) is 17.7 Å². The summed E-state index contributed by atoms with van der Waals surface area (Å²) < 4.78 is 0. The highest BCUT2D eigenvalue weighted by Gasteiger charge is 2.09. The van der Waals surface area contributed by atoms with Gasteiger partial charge in [-0.25, -0.2) is 9.78 Å². The predicted octanol–water partition coefficient (Wildman–Crippen LogP) is 2.50. The van der Waals surface area contributed by atoms with Gasteiger partial charge in [-0.2, -0.15) is 0 Å². The molecule has 2 N–H and O–H groups in total. The molecule has 0 aliphatic heterocycles. The molecule has 0 saturated carbocycles. The van der Waals surface area contributed by atoms with Crippen molar-refractivity contribution < 1.29 is 4.79 Å². The maximum Gasteiger partial charge on any atom is 0.315 e. The summed E-state index contributed by atoms with van der Waals surface area (Å²) in [5.41, 5.74) is 0.920. The summed E-state index contributed by atoms with van der Waals surface area (Å²) >= 11 is 5.68. The number of aromatic nitrogens is 1. The van der Waals surface area contributed by atoms with Gasteiger partial charge in [-0.15, -0.1) is 0 Å². The fourth-order valence-corrected chi connectivity index (χ4v) is 1.34. The molecule has 88 valence electrons. The van der Waals surface area contributed by atoms with Gasteiger partial charge in [0.1, 0.15) is 5.15 Å². The fourth-order valence-electron chi connectivity index (χ4n) is 1.23. The van der Waals surface area contributed by atoms with Crippen LogP contribution in [0.5, 0.6) is 0 Å². The van der Waals surface area contributed by atoms with Crippen LogP contribution < -0.4 is 10.6 Å². The second-order valence-electron chi connectivity index (χ2n) is 3.91. The Balaban J connectivity index is 2.55. The number of urea groups is 1. The maximum atomic E-state index is 11.4. The molecular formula is C11H16ClN3O. The number of carbonyl (C=O) groups excluding carboxylic acids is 1. The molecule has 2 amide bonds. The minimum Gasteiger partial charge on any atom is -0.336 e. The highest BCUT2D eigenvalue weighted by atomic mass is 35.5. The lowest BCUT2D eigenvalue weighted by molar-refractivity contribution is 0.235. The molecule has 5 heteroatoms. The molecule has 1 aromatic heterocycles. The highest BCUT2D eigenvalue weighted by molar-refractivity contribution is 6.29. The third-order valence-corrected chi connectivity index (χ3v) is 2.24. The van der Waals surface area contributed by atoms with Gasteiger partial charge in [-0.3, -0.25) is 0 Å². The van der Waals surface area contributed by atoms with E-state index in [0.717, 1.165) is 5.56 Å². The van der Waals surface area contributed by atoms with Crippen molar-refractivity contribution in [3.63, 3.8) is 0 Å². The van der Waals surface area contributed by atoms with E-state index in [-0.39, 0.29) is 18.1 Å². The van der Waals surface area contributed by atoms with Crippen molar-refractivity contribution in [2.45, 2.75) is 32.9 Å². The number of nitrogens with one attached hydrogen (secondary N) is 2. The molecule has 0 fully saturated rings. The number of carbonyl (C=O) groups is 1. The normalized spacial score (nSPS) is 12.3. The molecule has 0 aliphatic carbocycles. The second-order valence-corrected chi connectivity index (χ2v) is 4.30. The van der Waals surface area contributed by atoms with Crippen LogP contribution in [0.4, 0.5) is 4.79 Å². The fraction of sp³-hybridized carbons (Fsp3) is 0.455. The number of pyridine rings is 1. The van der Waals surface area contributed by atoms with Crippen LogP contribution in [0.25, 0.3) is 0 Å². The summed E-state index contributed by atoms with van der Waals surface area (Å²) in [5.74, 6) is 0. The quantitative estimate of drug-likeness (QED) is 0.799. The van der Waals surface area contributed by atoms with Gasteiger partial charge in [0.05, 0.1) is 6.04 Å². The summed E-state index contributed by atoms with van der Waals surface area (Å²) in [7, 11) is 0. The van der Waals surface area contributed by atoms with Crippen LogP contribution in [0.15, 0.2) is 18.3 Å². The van der Waals surface area contributed by atoms with E-state index in [9.17, 15) is 4.79 Å². The van der Waals surface area contributed by atoms with E-state index in [4.69, 9.17) is 11.6 Å². The zero-order valence-electron chi connectivity index (χ0n) is 9.62. The molecule has 0 unspecified atom stereocenters. The summed E-state index contributed by atoms with van der Waals surface area (Å²) in [6, 6.07) is 3.39. The van der Waals surface area contributed by atoms with Crippen LogP contribution in [0.2, 0.25) is 5.15 Å². The number of nitrogens with zero attached hydrogens (tertiary/aromatic N) is 1. The molecule has 4 nitrogen and oxygen atoms in total. The Hall–Kier alpha value is -1.29. The average Bonchev–Trinajstić information content (AvgIpc) is 2.16. The molecular weight excluding hydrogens is 226 g/mol. The Kier molecular flexibility index (Phi) is 4.55. The summed E-state index contributed by atoms with van der Waals surface area (Å²) in [4.78, 5) is 15.4. The molecule has 0 spiro atoms. The summed E-state index contributed by atoms with van der Waals surface area (Å²) in [6.07, 6.45) is 1.66. The Labute approximate surface area is 100 Å². The first kappa shape index (κ1) is 12.8.